The second-order valence-electron chi connectivity index (χ2n) is 6.22. The highest BCUT2D eigenvalue weighted by Gasteiger charge is 2.20. The summed E-state index contributed by atoms with van der Waals surface area (Å²) in [6, 6.07) is 9.17. The Bertz CT molecular complexity index is 1070. The van der Waals surface area contributed by atoms with Crippen LogP contribution in [0.15, 0.2) is 51.1 Å². The van der Waals surface area contributed by atoms with Gasteiger partial charge in [0.05, 0.1) is 4.90 Å². The van der Waals surface area contributed by atoms with E-state index >= 15 is 0 Å². The Balaban J connectivity index is 0.00000480. The molecule has 31 heavy (non-hydrogen) atoms. The quantitative estimate of drug-likeness (QED) is 0.278. The number of nitrogens with one attached hydrogen (secondary N) is 2. The number of halogens is 2. The summed E-state index contributed by atoms with van der Waals surface area (Å²) in [6.07, 6.45) is 0. The van der Waals surface area contributed by atoms with E-state index in [4.69, 9.17) is 22.3 Å². The summed E-state index contributed by atoms with van der Waals surface area (Å²) < 4.78 is 39.9. The minimum Gasteiger partial charge on any atom is -0.379 e. The zero-order valence-corrected chi connectivity index (χ0v) is 21.7. The second-order valence-corrected chi connectivity index (χ2v) is 11.5. The number of sulfonamides is 1. The fraction of sp³-hybridized carbons (Fsp3) is 0.222. The molecule has 7 nitrogen and oxygen atoms in total. The monoisotopic (exact) mass is 567 g/mol. The zero-order chi connectivity index (χ0) is 22.5. The third-order valence-electron chi connectivity index (χ3n) is 3.82. The van der Waals surface area contributed by atoms with Crippen molar-refractivity contribution in [3.05, 3.63) is 53.3 Å². The van der Waals surface area contributed by atoms with Gasteiger partial charge in [-0.3, -0.25) is 10.8 Å². The number of hydrogen-bond acceptors (Lipinski definition) is 7. The largest absolute Gasteiger partial charge is 0.379 e. The molecule has 0 heterocycles. The van der Waals surface area contributed by atoms with Crippen molar-refractivity contribution in [2.75, 3.05) is 14.1 Å². The molecule has 0 spiro atoms. The molecule has 2 aromatic carbocycles. The van der Waals surface area contributed by atoms with Crippen molar-refractivity contribution in [1.29, 1.82) is 10.8 Å². The fourth-order valence-electron chi connectivity index (χ4n) is 2.33. The molecule has 0 unspecified atom stereocenters. The number of benzene rings is 2. The van der Waals surface area contributed by atoms with Crippen molar-refractivity contribution in [3.63, 3.8) is 0 Å². The van der Waals surface area contributed by atoms with Gasteiger partial charge in [0.25, 0.3) is 0 Å². The van der Waals surface area contributed by atoms with Crippen LogP contribution in [0.2, 0.25) is 0 Å². The molecule has 6 N–H and O–H groups in total. The molecule has 0 aliphatic carbocycles. The highest BCUT2D eigenvalue weighted by Crippen LogP contribution is 2.37. The molecule has 2 aromatic rings. The van der Waals surface area contributed by atoms with E-state index < -0.39 is 15.8 Å². The smallest absolute Gasteiger partial charge is 0.242 e. The molecule has 0 bridgehead atoms. The van der Waals surface area contributed by atoms with Crippen LogP contribution < -0.4 is 11.5 Å². The number of hydrogen-bond donors (Lipinski definition) is 4. The molecule has 0 atom stereocenters. The van der Waals surface area contributed by atoms with Crippen LogP contribution in [0.5, 0.6) is 0 Å². The van der Waals surface area contributed by atoms with Gasteiger partial charge in [-0.1, -0.05) is 35.3 Å². The van der Waals surface area contributed by atoms with Gasteiger partial charge >= 0.3 is 0 Å². The first-order valence-corrected chi connectivity index (χ1v) is 12.7. The van der Waals surface area contributed by atoms with Gasteiger partial charge < -0.3 is 11.5 Å². The molecule has 0 amide bonds. The van der Waals surface area contributed by atoms with E-state index in [1.54, 1.807) is 18.2 Å². The van der Waals surface area contributed by atoms with Crippen LogP contribution in [0, 0.1) is 16.6 Å². The summed E-state index contributed by atoms with van der Waals surface area (Å²) in [5.74, 6) is 0.256. The molecule has 170 valence electrons. The number of nitrogens with two attached hydrogens (primary N) is 2. The van der Waals surface area contributed by atoms with Crippen LogP contribution in [0.1, 0.15) is 11.1 Å². The Kier molecular flexibility index (Phi) is 10.9. The molecule has 0 aliphatic rings. The first-order chi connectivity index (χ1) is 14.0. The average Bonchev–Trinajstić information content (AvgIpc) is 2.66. The summed E-state index contributed by atoms with van der Waals surface area (Å²) >= 11 is 3.54. The standard InChI is InChI=1S/C18H22FN5O2S4.BrH/c1-24(2)30(25,26)14-4-6-16(12(8-14)10-28-18(22)23)29-15-5-3-13(19)7-11(15)9-27-17(20)21;/h3-8H,9-10H2,1-2H3,(H3,20,21)(H3,22,23);1H. The third kappa shape index (κ3) is 7.99. The van der Waals surface area contributed by atoms with Crippen LogP contribution in [0.4, 0.5) is 4.39 Å². The molecule has 0 aromatic heterocycles. The molecule has 0 saturated carbocycles. The molecule has 2 rings (SSSR count). The van der Waals surface area contributed by atoms with Gasteiger partial charge in [-0.25, -0.2) is 17.1 Å². The number of amidine groups is 2. The lowest BCUT2D eigenvalue weighted by molar-refractivity contribution is 0.520. The van der Waals surface area contributed by atoms with E-state index in [1.165, 1.54) is 44.1 Å². The minimum absolute atomic E-state index is 0. The van der Waals surface area contributed by atoms with Crippen molar-refractivity contribution in [3.8, 4) is 0 Å². The SMILES string of the molecule is Br.CN(C)S(=O)(=O)c1ccc(Sc2ccc(F)cc2CSC(=N)N)c(CSC(=N)N)c1. The lowest BCUT2D eigenvalue weighted by Crippen LogP contribution is -2.22. The Morgan fingerprint density at radius 3 is 1.94 bits per heavy atom. The summed E-state index contributed by atoms with van der Waals surface area (Å²) in [5, 5.41) is 14.7. The van der Waals surface area contributed by atoms with Gasteiger partial charge in [0.2, 0.25) is 10.0 Å². The first kappa shape index (κ1) is 27.8. The second kappa shape index (κ2) is 12.1. The fourth-order valence-corrected chi connectivity index (χ4v) is 5.60. The molecule has 0 fully saturated rings. The van der Waals surface area contributed by atoms with Gasteiger partial charge in [0.1, 0.15) is 5.82 Å². The summed E-state index contributed by atoms with van der Waals surface area (Å²) in [4.78, 5) is 1.67. The maximum atomic E-state index is 13.7. The maximum absolute atomic E-state index is 13.7. The Morgan fingerprint density at radius 1 is 0.968 bits per heavy atom. The average molecular weight is 569 g/mol. The topological polar surface area (TPSA) is 137 Å². The van der Waals surface area contributed by atoms with E-state index in [-0.39, 0.29) is 32.2 Å². The van der Waals surface area contributed by atoms with Crippen LogP contribution in [-0.4, -0.2) is 37.2 Å². The van der Waals surface area contributed by atoms with Crippen molar-refractivity contribution < 1.29 is 12.8 Å². The third-order valence-corrected chi connectivity index (χ3v) is 8.40. The Hall–Kier alpha value is -1.25. The van der Waals surface area contributed by atoms with Gasteiger partial charge in [0.15, 0.2) is 10.3 Å². The zero-order valence-electron chi connectivity index (χ0n) is 16.7. The molecule has 0 aliphatic heterocycles. The predicted molar refractivity (Wildman–Crippen MR) is 135 cm³/mol. The predicted octanol–water partition coefficient (Wildman–Crippen LogP) is 4.06. The summed E-state index contributed by atoms with van der Waals surface area (Å²) in [6.45, 7) is 0. The van der Waals surface area contributed by atoms with E-state index in [0.717, 1.165) is 37.6 Å². The van der Waals surface area contributed by atoms with Crippen LogP contribution in [0.3, 0.4) is 0 Å². The summed E-state index contributed by atoms with van der Waals surface area (Å²) in [7, 11) is -0.704. The van der Waals surface area contributed by atoms with Gasteiger partial charge in [0, 0.05) is 35.4 Å². The molecular formula is C18H23BrFN5O2S4. The van der Waals surface area contributed by atoms with E-state index in [1.807, 2.05) is 0 Å². The van der Waals surface area contributed by atoms with E-state index in [9.17, 15) is 12.8 Å². The van der Waals surface area contributed by atoms with E-state index in [2.05, 4.69) is 0 Å². The molecule has 0 saturated heterocycles. The Labute approximate surface area is 204 Å². The van der Waals surface area contributed by atoms with Gasteiger partial charge in [-0.2, -0.15) is 0 Å². The normalized spacial score (nSPS) is 11.2. The molecule has 13 heteroatoms. The van der Waals surface area contributed by atoms with Gasteiger partial charge in [-0.05, 0) is 47.5 Å². The molecule has 0 radical (unpaired) electrons. The van der Waals surface area contributed by atoms with Gasteiger partial charge in [-0.15, -0.1) is 17.0 Å². The van der Waals surface area contributed by atoms with Crippen LogP contribution >= 0.6 is 52.3 Å². The lowest BCUT2D eigenvalue weighted by atomic mass is 10.2. The maximum Gasteiger partial charge on any atom is 0.242 e. The summed E-state index contributed by atoms with van der Waals surface area (Å²) in [5.41, 5.74) is 12.2. The van der Waals surface area contributed by atoms with Crippen LogP contribution in [-0.2, 0) is 21.5 Å². The van der Waals surface area contributed by atoms with Crippen LogP contribution in [0.25, 0.3) is 0 Å². The highest BCUT2D eigenvalue weighted by molar-refractivity contribution is 8.93. The number of rotatable bonds is 8. The van der Waals surface area contributed by atoms with Crippen molar-refractivity contribution in [2.24, 2.45) is 11.5 Å². The first-order valence-electron chi connectivity index (χ1n) is 8.46. The lowest BCUT2D eigenvalue weighted by Gasteiger charge is -2.16. The number of thioether (sulfide) groups is 2. The Morgan fingerprint density at radius 2 is 1.45 bits per heavy atom. The highest BCUT2D eigenvalue weighted by atomic mass is 79.9. The van der Waals surface area contributed by atoms with Crippen molar-refractivity contribution >= 4 is 72.6 Å². The van der Waals surface area contributed by atoms with E-state index in [0.29, 0.717) is 22.6 Å². The number of nitrogens with zero attached hydrogens (tertiary/aromatic N) is 1. The minimum atomic E-state index is -3.62. The molecular weight excluding hydrogens is 545 g/mol. The van der Waals surface area contributed by atoms with Crippen molar-refractivity contribution in [2.45, 2.75) is 26.2 Å². The van der Waals surface area contributed by atoms with Crippen molar-refractivity contribution in [1.82, 2.24) is 4.31 Å².